The molecule has 1 unspecified atom stereocenters. The van der Waals surface area contributed by atoms with E-state index in [1.807, 2.05) is 0 Å². The minimum absolute atomic E-state index is 3.00. The Morgan fingerprint density at radius 2 is 0.821 bits per heavy atom. The van der Waals surface area contributed by atoms with Crippen LogP contribution in [0.5, 0.6) is 0 Å². The normalized spacial score (nSPS) is 22.4. The fraction of sp³-hybridized carbons (Fsp3) is 1.00. The van der Waals surface area contributed by atoms with Crippen molar-refractivity contribution in [1.29, 1.82) is 0 Å². The van der Waals surface area contributed by atoms with Gasteiger partial charge in [-0.1, -0.05) is 0 Å². The molecule has 0 amide bonds. The quantitative estimate of drug-likeness (QED) is 0.347. The van der Waals surface area contributed by atoms with Crippen molar-refractivity contribution in [3.8, 4) is 0 Å². The fourth-order valence-electron chi connectivity index (χ4n) is 1.68. The summed E-state index contributed by atoms with van der Waals surface area (Å²) in [6.45, 7) is 0. The number of halogens is 17. The molecule has 1 aliphatic rings. The van der Waals surface area contributed by atoms with Gasteiger partial charge in [-0.3, -0.25) is 0 Å². The van der Waals surface area contributed by atoms with Gasteiger partial charge < -0.3 is 4.74 Å². The first-order valence-corrected chi connectivity index (χ1v) is 6.20. The van der Waals surface area contributed by atoms with Crippen LogP contribution in [0.4, 0.5) is 74.6 Å². The number of epoxide rings is 1. The van der Waals surface area contributed by atoms with Crippen molar-refractivity contribution >= 4 is 0 Å². The van der Waals surface area contributed by atoms with Gasteiger partial charge in [-0.15, -0.1) is 0 Å². The second-order valence-corrected chi connectivity index (χ2v) is 5.45. The van der Waals surface area contributed by atoms with Crippen LogP contribution in [-0.4, -0.2) is 53.9 Å². The third-order valence-electron chi connectivity index (χ3n) is 3.45. The van der Waals surface area contributed by atoms with Gasteiger partial charge in [0.1, 0.15) is 0 Å². The molecule has 1 atom stereocenters. The summed E-state index contributed by atoms with van der Waals surface area (Å²) >= 11 is 0. The maximum atomic E-state index is 13.2. The predicted octanol–water partition coefficient (Wildman–Crippen LogP) is 5.74. The Morgan fingerprint density at radius 1 is 0.536 bits per heavy atom. The van der Waals surface area contributed by atoms with Crippen molar-refractivity contribution in [1.82, 2.24) is 0 Å². The van der Waals surface area contributed by atoms with Gasteiger partial charge in [0.15, 0.2) is 6.10 Å². The summed E-state index contributed by atoms with van der Waals surface area (Å²) in [4.78, 5) is 0. The van der Waals surface area contributed by atoms with E-state index in [1.165, 1.54) is 0 Å². The fourth-order valence-corrected chi connectivity index (χ4v) is 1.68. The maximum absolute atomic E-state index is 13.2. The number of hydrogen-bond donors (Lipinski definition) is 0. The zero-order chi connectivity index (χ0) is 23.0. The van der Waals surface area contributed by atoms with Gasteiger partial charge in [0.25, 0.3) is 0 Å². The van der Waals surface area contributed by atoms with E-state index in [-0.39, 0.29) is 0 Å². The summed E-state index contributed by atoms with van der Waals surface area (Å²) < 4.78 is 219. The van der Waals surface area contributed by atoms with Crippen LogP contribution >= 0.6 is 0 Å². The number of rotatable bonds is 7. The Kier molecular flexibility index (Phi) is 5.23. The Morgan fingerprint density at radius 3 is 1.11 bits per heavy atom. The largest absolute Gasteiger partial charge is 0.460 e. The molecule has 168 valence electrons. The molecule has 0 aromatic heterocycles. The smallest absolute Gasteiger partial charge is 0.306 e. The SMILES string of the molecule is FC1(F)OC1CC(F)(F)C(F)(F)C(F)(F)C(F)(F)C(F)(F)C(F)(F)C(F)(F)F. The van der Waals surface area contributed by atoms with Crippen LogP contribution in [0, 0.1) is 0 Å². The minimum Gasteiger partial charge on any atom is -0.306 e. The molecule has 28 heavy (non-hydrogen) atoms. The maximum Gasteiger partial charge on any atom is 0.460 e. The van der Waals surface area contributed by atoms with Crippen LogP contribution in [0.3, 0.4) is 0 Å². The van der Waals surface area contributed by atoms with E-state index in [0.717, 1.165) is 0 Å². The molecule has 1 heterocycles. The number of alkyl halides is 17. The highest BCUT2D eigenvalue weighted by Crippen LogP contribution is 2.63. The van der Waals surface area contributed by atoms with E-state index in [0.29, 0.717) is 0 Å². The standard InChI is InChI=1S/C10H3F17O/c11-3(12,1-2-4(13,14)28-2)5(15,16)6(17,18)7(19,20)8(21,22)9(23,24)10(25,26)27/h2H,1H2. The molecule has 0 spiro atoms. The van der Waals surface area contributed by atoms with Gasteiger partial charge in [-0.05, 0) is 0 Å². The second kappa shape index (κ2) is 5.90. The van der Waals surface area contributed by atoms with Crippen molar-refractivity contribution in [2.24, 2.45) is 0 Å². The second-order valence-electron chi connectivity index (χ2n) is 5.45. The molecule has 1 aliphatic heterocycles. The van der Waals surface area contributed by atoms with Gasteiger partial charge in [0.05, 0.1) is 6.42 Å². The van der Waals surface area contributed by atoms with Crippen molar-refractivity contribution in [2.45, 2.75) is 60.3 Å². The number of ether oxygens (including phenoxy) is 1. The van der Waals surface area contributed by atoms with E-state index in [2.05, 4.69) is 4.74 Å². The third-order valence-corrected chi connectivity index (χ3v) is 3.45. The van der Waals surface area contributed by atoms with Crippen molar-refractivity contribution in [2.75, 3.05) is 0 Å². The van der Waals surface area contributed by atoms with E-state index >= 15 is 0 Å². The zero-order valence-corrected chi connectivity index (χ0v) is 12.1. The van der Waals surface area contributed by atoms with Gasteiger partial charge in [0.2, 0.25) is 0 Å². The van der Waals surface area contributed by atoms with E-state index < -0.39 is 60.3 Å². The Balaban J connectivity index is 3.41. The Hall–Kier alpha value is -1.23. The van der Waals surface area contributed by atoms with Crippen LogP contribution in [0.1, 0.15) is 6.42 Å². The molecule has 0 radical (unpaired) electrons. The van der Waals surface area contributed by atoms with Gasteiger partial charge in [0, 0.05) is 0 Å². The van der Waals surface area contributed by atoms with Crippen LogP contribution in [0.15, 0.2) is 0 Å². The lowest BCUT2D eigenvalue weighted by Gasteiger charge is -2.41. The summed E-state index contributed by atoms with van der Waals surface area (Å²) in [5, 5.41) is 0. The molecule has 0 saturated carbocycles. The monoisotopic (exact) mass is 462 g/mol. The topological polar surface area (TPSA) is 12.5 Å². The van der Waals surface area contributed by atoms with Crippen molar-refractivity contribution in [3.63, 3.8) is 0 Å². The molecule has 0 aromatic rings. The molecule has 18 heteroatoms. The van der Waals surface area contributed by atoms with Gasteiger partial charge in [-0.2, -0.15) is 74.6 Å². The molecule has 0 aliphatic carbocycles. The highest BCUT2D eigenvalue weighted by Gasteiger charge is 2.93. The lowest BCUT2D eigenvalue weighted by molar-refractivity contribution is -0.452. The van der Waals surface area contributed by atoms with Gasteiger partial charge in [-0.25, -0.2) is 0 Å². The van der Waals surface area contributed by atoms with E-state index in [4.69, 9.17) is 0 Å². The minimum atomic E-state index is -8.43. The molecule has 0 N–H and O–H groups in total. The van der Waals surface area contributed by atoms with Crippen LogP contribution in [0.25, 0.3) is 0 Å². The Labute approximate surface area is 141 Å². The third kappa shape index (κ3) is 3.14. The summed E-state index contributed by atoms with van der Waals surface area (Å²) in [5.41, 5.74) is 0. The van der Waals surface area contributed by atoms with Gasteiger partial charge >= 0.3 is 47.8 Å². The average Bonchev–Trinajstić information content (AvgIpc) is 3.01. The summed E-state index contributed by atoms with van der Waals surface area (Å²) in [6.07, 6.45) is -18.8. The Bertz CT molecular complexity index is 602. The highest BCUT2D eigenvalue weighted by molar-refractivity contribution is 5.13. The van der Waals surface area contributed by atoms with E-state index in [9.17, 15) is 74.6 Å². The van der Waals surface area contributed by atoms with Crippen LogP contribution in [-0.2, 0) is 4.74 Å². The molecule has 0 bridgehead atoms. The summed E-state index contributed by atoms with van der Waals surface area (Å²) in [6, 6.07) is 0. The van der Waals surface area contributed by atoms with Crippen LogP contribution in [0.2, 0.25) is 0 Å². The van der Waals surface area contributed by atoms with Crippen molar-refractivity contribution in [3.05, 3.63) is 0 Å². The first-order chi connectivity index (χ1) is 11.8. The molecule has 0 aromatic carbocycles. The molecule has 1 saturated heterocycles. The van der Waals surface area contributed by atoms with E-state index in [1.54, 1.807) is 0 Å². The summed E-state index contributed by atoms with van der Waals surface area (Å²) in [5.74, 6) is -47.7. The molecule has 1 fully saturated rings. The lowest BCUT2D eigenvalue weighted by atomic mass is 9.89. The first-order valence-electron chi connectivity index (χ1n) is 6.20. The number of hydrogen-bond acceptors (Lipinski definition) is 1. The average molecular weight is 462 g/mol. The lowest BCUT2D eigenvalue weighted by Crippen LogP contribution is -2.72. The molecule has 1 nitrogen and oxygen atoms in total. The molecular weight excluding hydrogens is 459 g/mol. The van der Waals surface area contributed by atoms with Crippen molar-refractivity contribution < 1.29 is 79.4 Å². The predicted molar refractivity (Wildman–Crippen MR) is 50.2 cm³/mol. The molecule has 1 rings (SSSR count). The molecular formula is C10H3F17O. The van der Waals surface area contributed by atoms with Crippen LogP contribution < -0.4 is 0 Å². The first kappa shape index (κ1) is 24.8. The highest BCUT2D eigenvalue weighted by atomic mass is 19.4. The summed E-state index contributed by atoms with van der Waals surface area (Å²) in [7, 11) is 0. The zero-order valence-electron chi connectivity index (χ0n) is 12.1.